The highest BCUT2D eigenvalue weighted by atomic mass is 32.1. The monoisotopic (exact) mass is 637 g/mol. The minimum absolute atomic E-state index is 0.492. The maximum absolute atomic E-state index is 12.5. The molecule has 0 unspecified atom stereocenters. The highest BCUT2D eigenvalue weighted by Gasteiger charge is 2.57. The molecule has 0 radical (unpaired) electrons. The fourth-order valence-electron chi connectivity index (χ4n) is 4.56. The van der Waals surface area contributed by atoms with E-state index in [0.29, 0.717) is 0 Å². The molecule has 2 heterocycles. The largest absolute Gasteiger partial charge is 0.463 e. The van der Waals surface area contributed by atoms with Crippen LogP contribution in [0.25, 0.3) is 0 Å². The normalized spacial score (nSPS) is 32.0. The van der Waals surface area contributed by atoms with Crippen molar-refractivity contribution < 1.29 is 76.2 Å². The van der Waals surface area contributed by atoms with Gasteiger partial charge in [0.2, 0.25) is 11.0 Å². The molecule has 0 aromatic carbocycles. The molecule has 242 valence electrons. The number of carbonyl (C=O) groups is 7. The van der Waals surface area contributed by atoms with Gasteiger partial charge in [0, 0.05) is 48.7 Å². The molecule has 2 aliphatic rings. The minimum atomic E-state index is -1.82. The van der Waals surface area contributed by atoms with E-state index in [1.165, 1.54) is 14.0 Å². The van der Waals surface area contributed by atoms with Gasteiger partial charge >= 0.3 is 29.8 Å². The zero-order valence-electron chi connectivity index (χ0n) is 24.5. The lowest BCUT2D eigenvalue weighted by Gasteiger charge is -2.48. The van der Waals surface area contributed by atoms with Crippen molar-refractivity contribution in [2.24, 2.45) is 0 Å². The van der Waals surface area contributed by atoms with Crippen LogP contribution in [-0.2, 0) is 76.2 Å². The maximum atomic E-state index is 12.5. The molecule has 0 bridgehead atoms. The molecule has 10 atom stereocenters. The van der Waals surface area contributed by atoms with Crippen LogP contribution in [0.15, 0.2) is 0 Å². The van der Waals surface area contributed by atoms with Crippen molar-refractivity contribution >= 4 is 53.5 Å². The summed E-state index contributed by atoms with van der Waals surface area (Å²) >= 11 is 3.80. The van der Waals surface area contributed by atoms with E-state index in [2.05, 4.69) is 17.9 Å². The van der Waals surface area contributed by atoms with E-state index in [4.69, 9.17) is 42.6 Å². The zero-order chi connectivity index (χ0) is 32.6. The van der Waals surface area contributed by atoms with Gasteiger partial charge in [-0.25, -0.2) is 0 Å². The summed E-state index contributed by atoms with van der Waals surface area (Å²) in [5.74, 6) is -4.83. The molecule has 2 saturated heterocycles. The Morgan fingerprint density at radius 1 is 0.651 bits per heavy atom. The number of nitrogens with one attached hydrogen (secondary N) is 1. The molecule has 1 amide bonds. The lowest BCUT2D eigenvalue weighted by atomic mass is 9.95. The van der Waals surface area contributed by atoms with Crippen LogP contribution in [-0.4, -0.2) is 116 Å². The molecule has 43 heavy (non-hydrogen) atoms. The topological polar surface area (TPSA) is 215 Å². The number of amides is 1. The summed E-state index contributed by atoms with van der Waals surface area (Å²) in [5, 5.41) is 1.57. The Kier molecular flexibility index (Phi) is 13.3. The fourth-order valence-corrected chi connectivity index (χ4v) is 4.77. The first-order valence-corrected chi connectivity index (χ1v) is 13.3. The van der Waals surface area contributed by atoms with Gasteiger partial charge in [0.15, 0.2) is 43.1 Å². The van der Waals surface area contributed by atoms with Crippen LogP contribution in [0.3, 0.4) is 0 Å². The summed E-state index contributed by atoms with van der Waals surface area (Å²) < 4.78 is 49.6. The molecule has 0 spiro atoms. The maximum Gasteiger partial charge on any atom is 0.303 e. The van der Waals surface area contributed by atoms with E-state index < -0.39 is 109 Å². The van der Waals surface area contributed by atoms with E-state index in [0.717, 1.165) is 34.6 Å². The Hall–Kier alpha value is -3.32. The second-order valence-electron chi connectivity index (χ2n) is 9.47. The third-order valence-corrected chi connectivity index (χ3v) is 6.19. The average Bonchev–Trinajstić information content (AvgIpc) is 2.86. The van der Waals surface area contributed by atoms with Gasteiger partial charge in [0.25, 0.3) is 0 Å². The van der Waals surface area contributed by atoms with E-state index in [1.807, 2.05) is 0 Å². The number of rotatable bonds is 11. The number of thiol groups is 1. The SMILES string of the molecule is CO[C@@H]1O[C@H](COC(C)=O)[C@@H](O[C@@H]2O[C@H](C(=O)S)[C@H](OC(C)=O)[C@H](OC(C)=O)[C@H]2OC(C)=O)[C@H](OC(C)=O)[C@H]1NC(C)=O. The Labute approximate surface area is 251 Å². The van der Waals surface area contributed by atoms with Crippen LogP contribution in [0.5, 0.6) is 0 Å². The molecule has 0 saturated carbocycles. The molecule has 17 nitrogen and oxygen atoms in total. The number of carbonyl (C=O) groups excluding carboxylic acids is 7. The van der Waals surface area contributed by atoms with E-state index in [-0.39, 0.29) is 0 Å². The Morgan fingerprint density at radius 2 is 1.16 bits per heavy atom. The van der Waals surface area contributed by atoms with Crippen molar-refractivity contribution in [1.29, 1.82) is 0 Å². The van der Waals surface area contributed by atoms with E-state index >= 15 is 0 Å². The van der Waals surface area contributed by atoms with Crippen molar-refractivity contribution in [2.45, 2.75) is 103 Å². The summed E-state index contributed by atoms with van der Waals surface area (Å²) in [6.07, 6.45) is -14.0. The molecular weight excluding hydrogens is 602 g/mol. The van der Waals surface area contributed by atoms with Gasteiger partial charge < -0.3 is 47.9 Å². The molecule has 2 aliphatic heterocycles. The van der Waals surface area contributed by atoms with Gasteiger partial charge in [0.1, 0.15) is 24.9 Å². The number of esters is 5. The van der Waals surface area contributed by atoms with Gasteiger partial charge in [0.05, 0.1) is 0 Å². The Bertz CT molecular complexity index is 1080. The quantitative estimate of drug-likeness (QED) is 0.153. The molecule has 2 fully saturated rings. The first-order valence-electron chi connectivity index (χ1n) is 12.9. The highest BCUT2D eigenvalue weighted by Crippen LogP contribution is 2.35. The smallest absolute Gasteiger partial charge is 0.303 e. The molecule has 1 N–H and O–H groups in total. The van der Waals surface area contributed by atoms with Gasteiger partial charge in [-0.3, -0.25) is 33.6 Å². The van der Waals surface area contributed by atoms with Crippen molar-refractivity contribution in [3.8, 4) is 0 Å². The first-order chi connectivity index (χ1) is 20.0. The van der Waals surface area contributed by atoms with E-state index in [9.17, 15) is 33.6 Å². The van der Waals surface area contributed by atoms with Crippen LogP contribution in [0.2, 0.25) is 0 Å². The number of hydrogen-bond acceptors (Lipinski definition) is 16. The summed E-state index contributed by atoms with van der Waals surface area (Å²) in [7, 11) is 1.25. The van der Waals surface area contributed by atoms with Gasteiger partial charge in [-0.05, 0) is 0 Å². The molecule has 0 aromatic rings. The van der Waals surface area contributed by atoms with Gasteiger partial charge in [-0.2, -0.15) is 0 Å². The summed E-state index contributed by atoms with van der Waals surface area (Å²) in [6.45, 7) is 5.94. The number of hydrogen-bond donors (Lipinski definition) is 2. The summed E-state index contributed by atoms with van der Waals surface area (Å²) in [4.78, 5) is 84.6. The molecule has 18 heteroatoms. The van der Waals surface area contributed by atoms with Crippen molar-refractivity contribution in [1.82, 2.24) is 5.32 Å². The van der Waals surface area contributed by atoms with Gasteiger partial charge in [-0.15, -0.1) is 12.6 Å². The standard InChI is InChI=1S/C25H35NO16S/c1-9(27)26-16-18(36-11(3)29)17(15(8-35-10(2)28)40-24(16)34-7)41-25-22(39-14(6)32)20(38-13(5)31)19(37-12(4)30)21(42-25)23(33)43/h15-22,24-25H,8H2,1-7H3,(H,26,27)(H,33,43)/t15-,16-,17-,18-,19-,20+,21+,22-,24-,25-/m1/s1. The van der Waals surface area contributed by atoms with Crippen molar-refractivity contribution in [3.63, 3.8) is 0 Å². The second kappa shape index (κ2) is 15.9. The first kappa shape index (κ1) is 35.9. The van der Waals surface area contributed by atoms with E-state index in [1.54, 1.807) is 0 Å². The van der Waals surface area contributed by atoms with Crippen LogP contribution in [0.1, 0.15) is 41.5 Å². The van der Waals surface area contributed by atoms with Gasteiger partial charge in [-0.1, -0.05) is 0 Å². The lowest BCUT2D eigenvalue weighted by molar-refractivity contribution is -0.342. The fraction of sp³-hybridized carbons (Fsp3) is 0.720. The van der Waals surface area contributed by atoms with Crippen LogP contribution >= 0.6 is 12.6 Å². The van der Waals surface area contributed by atoms with Crippen LogP contribution in [0.4, 0.5) is 0 Å². The molecule has 0 aliphatic carbocycles. The Morgan fingerprint density at radius 3 is 1.63 bits per heavy atom. The average molecular weight is 638 g/mol. The molecule has 2 rings (SSSR count). The third kappa shape index (κ3) is 10.1. The van der Waals surface area contributed by atoms with Crippen molar-refractivity contribution in [2.75, 3.05) is 13.7 Å². The number of ether oxygens (including phenoxy) is 9. The second-order valence-corrected chi connectivity index (χ2v) is 9.91. The number of methoxy groups -OCH3 is 1. The van der Waals surface area contributed by atoms with Crippen molar-refractivity contribution in [3.05, 3.63) is 0 Å². The predicted octanol–water partition coefficient (Wildman–Crippen LogP) is -1.28. The van der Waals surface area contributed by atoms with Crippen LogP contribution in [0, 0.1) is 0 Å². The summed E-state index contributed by atoms with van der Waals surface area (Å²) in [6, 6.07) is -1.21. The predicted molar refractivity (Wildman–Crippen MR) is 140 cm³/mol. The summed E-state index contributed by atoms with van der Waals surface area (Å²) in [5.41, 5.74) is 0. The lowest BCUT2D eigenvalue weighted by Crippen LogP contribution is -2.69. The third-order valence-electron chi connectivity index (χ3n) is 5.94. The highest BCUT2D eigenvalue weighted by molar-refractivity contribution is 7.96. The Balaban J connectivity index is 2.68. The molecule has 0 aromatic heterocycles. The molecular formula is C25H35NO16S. The minimum Gasteiger partial charge on any atom is -0.463 e. The zero-order valence-corrected chi connectivity index (χ0v) is 25.4. The van der Waals surface area contributed by atoms with Crippen LogP contribution < -0.4 is 5.32 Å².